The van der Waals surface area contributed by atoms with Gasteiger partial charge in [0.05, 0.1) is 0 Å². The molecule has 1 fully saturated rings. The molecule has 0 spiro atoms. The number of amides is 1. The molecule has 1 amide bonds. The zero-order valence-corrected chi connectivity index (χ0v) is 13.5. The molecule has 2 rings (SSSR count). The Kier molecular flexibility index (Phi) is 5.69. The van der Waals surface area contributed by atoms with Gasteiger partial charge in [0.25, 0.3) is 5.91 Å². The van der Waals surface area contributed by atoms with E-state index in [0.29, 0.717) is 25.0 Å². The van der Waals surface area contributed by atoms with Crippen molar-refractivity contribution in [3.8, 4) is 0 Å². The lowest BCUT2D eigenvalue weighted by Gasteiger charge is -2.35. The number of ether oxygens (including phenoxy) is 3. The number of esters is 1. The van der Waals surface area contributed by atoms with Gasteiger partial charge in [-0.3, -0.25) is 4.79 Å². The third-order valence-corrected chi connectivity index (χ3v) is 4.54. The van der Waals surface area contributed by atoms with E-state index < -0.39 is 12.1 Å². The van der Waals surface area contributed by atoms with E-state index in [2.05, 4.69) is 19.2 Å². The van der Waals surface area contributed by atoms with E-state index in [1.165, 1.54) is 12.7 Å². The molecule has 0 aromatic rings. The summed E-state index contributed by atoms with van der Waals surface area (Å²) in [6, 6.07) is 0.144. The predicted octanol–water partition coefficient (Wildman–Crippen LogP) is 1.75. The summed E-state index contributed by atoms with van der Waals surface area (Å²) >= 11 is 0. The lowest BCUT2D eigenvalue weighted by atomic mass is 9.78. The molecule has 1 N–H and O–H groups in total. The number of carbonyl (C=O) groups is 2. The largest absolute Gasteiger partial charge is 0.493 e. The van der Waals surface area contributed by atoms with E-state index in [1.54, 1.807) is 6.92 Å². The summed E-state index contributed by atoms with van der Waals surface area (Å²) in [6.45, 7) is 6.64. The fraction of sp³-hybridized carbons (Fsp3) is 0.750. The van der Waals surface area contributed by atoms with Gasteiger partial charge in [0, 0.05) is 6.04 Å². The molecule has 4 atom stereocenters. The van der Waals surface area contributed by atoms with Gasteiger partial charge in [0.2, 0.25) is 5.76 Å². The van der Waals surface area contributed by atoms with Crippen LogP contribution in [0.25, 0.3) is 0 Å². The Hall–Kier alpha value is -1.72. The third kappa shape index (κ3) is 4.15. The summed E-state index contributed by atoms with van der Waals surface area (Å²) in [5.41, 5.74) is 0. The van der Waals surface area contributed by atoms with Gasteiger partial charge >= 0.3 is 5.97 Å². The molecule has 22 heavy (non-hydrogen) atoms. The predicted molar refractivity (Wildman–Crippen MR) is 79.7 cm³/mol. The van der Waals surface area contributed by atoms with E-state index in [9.17, 15) is 9.59 Å². The topological polar surface area (TPSA) is 73.9 Å². The van der Waals surface area contributed by atoms with E-state index in [4.69, 9.17) is 14.2 Å². The van der Waals surface area contributed by atoms with Gasteiger partial charge in [0.15, 0.2) is 6.10 Å². The van der Waals surface area contributed by atoms with Crippen molar-refractivity contribution in [3.05, 3.63) is 12.0 Å². The second-order valence-corrected chi connectivity index (χ2v) is 6.13. The Morgan fingerprint density at radius 3 is 2.77 bits per heavy atom. The summed E-state index contributed by atoms with van der Waals surface area (Å²) in [7, 11) is 0. The minimum Gasteiger partial charge on any atom is -0.493 e. The first-order valence-corrected chi connectivity index (χ1v) is 7.95. The zero-order valence-electron chi connectivity index (χ0n) is 13.5. The molecule has 124 valence electrons. The molecular weight excluding hydrogens is 286 g/mol. The molecule has 1 aliphatic carbocycles. The number of nitrogens with one attached hydrogen (secondary N) is 1. The second-order valence-electron chi connectivity index (χ2n) is 6.13. The molecule has 2 aliphatic rings. The fourth-order valence-electron chi connectivity index (χ4n) is 2.83. The van der Waals surface area contributed by atoms with Gasteiger partial charge in [-0.2, -0.15) is 0 Å². The summed E-state index contributed by atoms with van der Waals surface area (Å²) < 4.78 is 15.3. The standard InChI is InChI=1S/C16H25NO5/c1-10-5-4-6-13(11(10)2)17-15(18)12(3)22-16(19)14-9-20-7-8-21-14/h9-13H,4-8H2,1-3H3,(H,17,18)/t10-,11+,12-,13+/m1/s1. The van der Waals surface area contributed by atoms with E-state index in [1.807, 2.05) is 0 Å². The molecule has 1 heterocycles. The van der Waals surface area contributed by atoms with Crippen molar-refractivity contribution in [1.82, 2.24) is 5.32 Å². The highest BCUT2D eigenvalue weighted by molar-refractivity contribution is 5.89. The zero-order chi connectivity index (χ0) is 16.1. The highest BCUT2D eigenvalue weighted by Crippen LogP contribution is 2.29. The van der Waals surface area contributed by atoms with Crippen LogP contribution >= 0.6 is 0 Å². The van der Waals surface area contributed by atoms with Crippen LogP contribution in [0.15, 0.2) is 12.0 Å². The molecule has 0 aromatic carbocycles. The van der Waals surface area contributed by atoms with Crippen LogP contribution in [0.2, 0.25) is 0 Å². The summed E-state index contributed by atoms with van der Waals surface area (Å²) in [5.74, 6) is 0.0860. The van der Waals surface area contributed by atoms with Gasteiger partial charge in [-0.15, -0.1) is 0 Å². The summed E-state index contributed by atoms with van der Waals surface area (Å²) in [5, 5.41) is 3.00. The maximum atomic E-state index is 12.2. The maximum Gasteiger partial charge on any atom is 0.377 e. The van der Waals surface area contributed by atoms with Gasteiger partial charge in [0.1, 0.15) is 19.5 Å². The van der Waals surface area contributed by atoms with E-state index >= 15 is 0 Å². The highest BCUT2D eigenvalue weighted by atomic mass is 16.6. The Bertz CT molecular complexity index is 448. The fourth-order valence-corrected chi connectivity index (χ4v) is 2.83. The first kappa shape index (κ1) is 16.6. The molecule has 6 heteroatoms. The molecule has 6 nitrogen and oxygen atoms in total. The van der Waals surface area contributed by atoms with Crippen LogP contribution in [-0.2, 0) is 23.8 Å². The molecule has 0 radical (unpaired) electrons. The van der Waals surface area contributed by atoms with E-state index in [0.717, 1.165) is 12.8 Å². The van der Waals surface area contributed by atoms with Crippen molar-refractivity contribution < 1.29 is 23.8 Å². The lowest BCUT2D eigenvalue weighted by molar-refractivity contribution is -0.155. The Labute approximate surface area is 131 Å². The Morgan fingerprint density at radius 2 is 2.09 bits per heavy atom. The van der Waals surface area contributed by atoms with Crippen LogP contribution in [0.3, 0.4) is 0 Å². The minimum absolute atomic E-state index is 0.00515. The van der Waals surface area contributed by atoms with Gasteiger partial charge < -0.3 is 19.5 Å². The monoisotopic (exact) mass is 311 g/mol. The molecule has 1 saturated carbocycles. The van der Waals surface area contributed by atoms with Crippen molar-refractivity contribution >= 4 is 11.9 Å². The average Bonchev–Trinajstić information content (AvgIpc) is 2.52. The van der Waals surface area contributed by atoms with E-state index in [-0.39, 0.29) is 17.7 Å². The van der Waals surface area contributed by atoms with Crippen molar-refractivity contribution in [2.75, 3.05) is 13.2 Å². The average molecular weight is 311 g/mol. The van der Waals surface area contributed by atoms with Crippen molar-refractivity contribution in [2.24, 2.45) is 11.8 Å². The van der Waals surface area contributed by atoms with Gasteiger partial charge in [-0.1, -0.05) is 26.7 Å². The molecule has 1 aliphatic heterocycles. The Morgan fingerprint density at radius 1 is 1.32 bits per heavy atom. The third-order valence-electron chi connectivity index (χ3n) is 4.54. The Balaban J connectivity index is 1.84. The number of hydrogen-bond donors (Lipinski definition) is 1. The summed E-state index contributed by atoms with van der Waals surface area (Å²) in [6.07, 6.45) is 3.65. The van der Waals surface area contributed by atoms with Crippen molar-refractivity contribution in [2.45, 2.75) is 52.2 Å². The van der Waals surface area contributed by atoms with Crippen molar-refractivity contribution in [3.63, 3.8) is 0 Å². The minimum atomic E-state index is -0.858. The van der Waals surface area contributed by atoms with Crippen LogP contribution < -0.4 is 5.32 Å². The van der Waals surface area contributed by atoms with Crippen molar-refractivity contribution in [1.29, 1.82) is 0 Å². The van der Waals surface area contributed by atoms with Gasteiger partial charge in [-0.05, 0) is 25.2 Å². The van der Waals surface area contributed by atoms with Crippen LogP contribution in [0.1, 0.15) is 40.0 Å². The SMILES string of the molecule is C[C@H]1[C@H](C)CCC[C@@H]1NC(=O)[C@@H](C)OC(=O)C1=COCCO1. The van der Waals surface area contributed by atoms with Gasteiger partial charge in [-0.25, -0.2) is 4.79 Å². The smallest absolute Gasteiger partial charge is 0.377 e. The molecular formula is C16H25NO5. The summed E-state index contributed by atoms with van der Waals surface area (Å²) in [4.78, 5) is 24.0. The maximum absolute atomic E-state index is 12.2. The first-order chi connectivity index (χ1) is 10.5. The quantitative estimate of drug-likeness (QED) is 0.801. The molecule has 0 saturated heterocycles. The number of carbonyl (C=O) groups excluding carboxylic acids is 2. The lowest BCUT2D eigenvalue weighted by Crippen LogP contribution is -2.47. The second kappa shape index (κ2) is 7.51. The normalized spacial score (nSPS) is 29.4. The van der Waals surface area contributed by atoms with Crippen LogP contribution in [0.4, 0.5) is 0 Å². The molecule has 0 bridgehead atoms. The number of hydrogen-bond acceptors (Lipinski definition) is 5. The number of rotatable bonds is 4. The molecule has 0 unspecified atom stereocenters. The van der Waals surface area contributed by atoms with Crippen LogP contribution in [-0.4, -0.2) is 37.2 Å². The molecule has 0 aromatic heterocycles. The van der Waals surface area contributed by atoms with Crippen LogP contribution in [0, 0.1) is 11.8 Å². The first-order valence-electron chi connectivity index (χ1n) is 7.95. The highest BCUT2D eigenvalue weighted by Gasteiger charge is 2.30. The van der Waals surface area contributed by atoms with Crippen LogP contribution in [0.5, 0.6) is 0 Å².